The van der Waals surface area contributed by atoms with Crippen molar-refractivity contribution in [2.45, 2.75) is 64.5 Å². The van der Waals surface area contributed by atoms with Crippen molar-refractivity contribution in [2.75, 3.05) is 11.4 Å². The van der Waals surface area contributed by atoms with Crippen LogP contribution in [0.3, 0.4) is 0 Å². The minimum Gasteiger partial charge on any atom is -0.357 e. The number of fused-ring (bicyclic) bond motifs is 2. The van der Waals surface area contributed by atoms with Crippen molar-refractivity contribution in [2.24, 2.45) is 0 Å². The molecule has 1 unspecified atom stereocenters. The quantitative estimate of drug-likeness (QED) is 0.480. The molecule has 3 heterocycles. The van der Waals surface area contributed by atoms with E-state index in [0.717, 1.165) is 53.8 Å². The summed E-state index contributed by atoms with van der Waals surface area (Å²) in [5.41, 5.74) is 6.23. The Morgan fingerprint density at radius 3 is 2.74 bits per heavy atom. The molecule has 0 amide bonds. The van der Waals surface area contributed by atoms with Crippen molar-refractivity contribution in [3.8, 4) is 0 Å². The normalized spacial score (nSPS) is 17.3. The Balaban J connectivity index is 1.56. The number of anilines is 1. The fraction of sp³-hybridized carbons (Fsp3) is 0.407. The Bertz CT molecular complexity index is 1410. The number of aromatic amines is 1. The van der Waals surface area contributed by atoms with Gasteiger partial charge in [0.2, 0.25) is 0 Å². The first kappa shape index (κ1) is 21.1. The number of aromatic nitrogens is 5. The second-order valence-corrected chi connectivity index (χ2v) is 9.85. The van der Waals surface area contributed by atoms with Gasteiger partial charge in [-0.15, -0.1) is 5.10 Å². The molecule has 0 spiro atoms. The number of rotatable bonds is 4. The first-order valence-corrected chi connectivity index (χ1v) is 12.4. The molecule has 0 saturated heterocycles. The number of tetrazole rings is 1. The van der Waals surface area contributed by atoms with Gasteiger partial charge in [-0.1, -0.05) is 49.1 Å². The van der Waals surface area contributed by atoms with E-state index in [4.69, 9.17) is 0 Å². The van der Waals surface area contributed by atoms with E-state index < -0.39 is 0 Å². The van der Waals surface area contributed by atoms with Gasteiger partial charge in [-0.2, -0.15) is 0 Å². The highest BCUT2D eigenvalue weighted by molar-refractivity contribution is 5.83. The molecule has 1 aliphatic heterocycles. The molecule has 2 aliphatic rings. The van der Waals surface area contributed by atoms with E-state index in [0.29, 0.717) is 5.56 Å². The average molecular weight is 455 g/mol. The Kier molecular flexibility index (Phi) is 5.20. The first-order valence-electron chi connectivity index (χ1n) is 12.4. The van der Waals surface area contributed by atoms with Crippen LogP contribution < -0.4 is 10.5 Å². The second-order valence-electron chi connectivity index (χ2n) is 9.85. The first-order chi connectivity index (χ1) is 16.6. The summed E-state index contributed by atoms with van der Waals surface area (Å²) >= 11 is 0. The Morgan fingerprint density at radius 1 is 1.06 bits per heavy atom. The number of hydrogen-bond donors (Lipinski definition) is 1. The molecule has 34 heavy (non-hydrogen) atoms. The lowest BCUT2D eigenvalue weighted by Gasteiger charge is -2.31. The van der Waals surface area contributed by atoms with Crippen LogP contribution in [0.25, 0.3) is 10.9 Å². The molecular weight excluding hydrogens is 424 g/mol. The predicted octanol–water partition coefficient (Wildman–Crippen LogP) is 4.79. The standard InChI is InChI=1S/C27H30N6O/c1-17-14-18(2)24-20(15-17)16-22(27(34)28-24)25(32-13-12-19-8-6-7-11-23(19)32)26-29-30-31-33(26)21-9-4-3-5-10-21/h6-8,11,14-16,21,25H,3-5,9-10,12-13H2,1-2H3,(H,28,34). The minimum absolute atomic E-state index is 0.0768. The van der Waals surface area contributed by atoms with Crippen LogP contribution in [0.2, 0.25) is 0 Å². The second kappa shape index (κ2) is 8.38. The summed E-state index contributed by atoms with van der Waals surface area (Å²) in [4.78, 5) is 19.1. The molecule has 174 valence electrons. The summed E-state index contributed by atoms with van der Waals surface area (Å²) in [5.74, 6) is 0.762. The van der Waals surface area contributed by atoms with Gasteiger partial charge in [0.05, 0.1) is 11.6 Å². The van der Waals surface area contributed by atoms with Gasteiger partial charge in [0.15, 0.2) is 5.82 Å². The van der Waals surface area contributed by atoms with E-state index in [-0.39, 0.29) is 17.6 Å². The molecule has 0 radical (unpaired) electrons. The smallest absolute Gasteiger partial charge is 0.254 e. The average Bonchev–Trinajstić information content (AvgIpc) is 3.49. The van der Waals surface area contributed by atoms with E-state index >= 15 is 0 Å². The monoisotopic (exact) mass is 454 g/mol. The van der Waals surface area contributed by atoms with Gasteiger partial charge < -0.3 is 9.88 Å². The van der Waals surface area contributed by atoms with E-state index in [2.05, 4.69) is 74.8 Å². The lowest BCUT2D eigenvalue weighted by atomic mass is 9.95. The molecule has 1 N–H and O–H groups in total. The van der Waals surface area contributed by atoms with Crippen LogP contribution in [0.4, 0.5) is 5.69 Å². The van der Waals surface area contributed by atoms with Crippen LogP contribution in [0, 0.1) is 13.8 Å². The zero-order valence-electron chi connectivity index (χ0n) is 19.8. The van der Waals surface area contributed by atoms with Crippen LogP contribution in [-0.4, -0.2) is 31.7 Å². The fourth-order valence-corrected chi connectivity index (χ4v) is 5.95. The summed E-state index contributed by atoms with van der Waals surface area (Å²) < 4.78 is 2.01. The van der Waals surface area contributed by atoms with Crippen molar-refractivity contribution in [3.63, 3.8) is 0 Å². The Morgan fingerprint density at radius 2 is 1.88 bits per heavy atom. The number of pyridine rings is 1. The van der Waals surface area contributed by atoms with Gasteiger partial charge >= 0.3 is 0 Å². The van der Waals surface area contributed by atoms with Crippen molar-refractivity contribution in [1.29, 1.82) is 0 Å². The van der Waals surface area contributed by atoms with Crippen LogP contribution in [0.5, 0.6) is 0 Å². The molecule has 1 atom stereocenters. The molecular formula is C27H30N6O. The topological polar surface area (TPSA) is 79.7 Å². The largest absolute Gasteiger partial charge is 0.357 e. The third-order valence-corrected chi connectivity index (χ3v) is 7.53. The molecule has 1 saturated carbocycles. The maximum Gasteiger partial charge on any atom is 0.254 e. The summed E-state index contributed by atoms with van der Waals surface area (Å²) in [7, 11) is 0. The maximum atomic E-state index is 13.6. The number of hydrogen-bond acceptors (Lipinski definition) is 5. The number of nitrogens with zero attached hydrogens (tertiary/aromatic N) is 5. The molecule has 0 bridgehead atoms. The van der Waals surface area contributed by atoms with E-state index in [9.17, 15) is 4.79 Å². The van der Waals surface area contributed by atoms with Gasteiger partial charge in [-0.3, -0.25) is 4.79 Å². The third-order valence-electron chi connectivity index (χ3n) is 7.53. The molecule has 1 fully saturated rings. The van der Waals surface area contributed by atoms with Crippen molar-refractivity contribution < 1.29 is 0 Å². The zero-order chi connectivity index (χ0) is 23.2. The third kappa shape index (κ3) is 3.50. The van der Waals surface area contributed by atoms with Crippen LogP contribution in [-0.2, 0) is 6.42 Å². The van der Waals surface area contributed by atoms with Gasteiger partial charge in [0.25, 0.3) is 5.56 Å². The lowest BCUT2D eigenvalue weighted by Crippen LogP contribution is -2.35. The summed E-state index contributed by atoms with van der Waals surface area (Å²) in [6.45, 7) is 4.96. The van der Waals surface area contributed by atoms with Crippen molar-refractivity contribution in [1.82, 2.24) is 25.2 Å². The molecule has 4 aromatic rings. The van der Waals surface area contributed by atoms with Gasteiger partial charge in [0.1, 0.15) is 6.04 Å². The number of aryl methyl sites for hydroxylation is 2. The van der Waals surface area contributed by atoms with E-state index in [1.807, 2.05) is 11.6 Å². The van der Waals surface area contributed by atoms with Crippen molar-refractivity contribution in [3.05, 3.63) is 80.9 Å². The predicted molar refractivity (Wildman–Crippen MR) is 133 cm³/mol. The number of nitrogens with one attached hydrogen (secondary N) is 1. The number of H-pyrrole nitrogens is 1. The number of para-hydroxylation sites is 1. The Hall–Kier alpha value is -3.48. The molecule has 2 aromatic carbocycles. The molecule has 6 rings (SSSR count). The summed E-state index contributed by atoms with van der Waals surface area (Å²) in [6, 6.07) is 14.7. The Labute approximate surface area is 198 Å². The number of benzene rings is 2. The SMILES string of the molecule is Cc1cc(C)c2[nH]c(=O)c(C(c3nnnn3C3CCCCC3)N3CCc4ccccc43)cc2c1. The molecule has 7 heteroatoms. The minimum atomic E-state index is -0.352. The van der Waals surface area contributed by atoms with E-state index in [1.54, 1.807) is 0 Å². The zero-order valence-corrected chi connectivity index (χ0v) is 19.8. The molecule has 2 aromatic heterocycles. The highest BCUT2D eigenvalue weighted by Gasteiger charge is 2.35. The van der Waals surface area contributed by atoms with Crippen LogP contribution in [0.15, 0.2) is 47.3 Å². The molecule has 1 aliphatic carbocycles. The van der Waals surface area contributed by atoms with Gasteiger partial charge in [-0.05, 0) is 78.2 Å². The van der Waals surface area contributed by atoms with E-state index in [1.165, 1.54) is 30.4 Å². The highest BCUT2D eigenvalue weighted by atomic mass is 16.1. The molecule has 7 nitrogen and oxygen atoms in total. The van der Waals surface area contributed by atoms with Gasteiger partial charge in [-0.25, -0.2) is 4.68 Å². The van der Waals surface area contributed by atoms with Crippen molar-refractivity contribution >= 4 is 16.6 Å². The van der Waals surface area contributed by atoms with Crippen LogP contribution >= 0.6 is 0 Å². The highest BCUT2D eigenvalue weighted by Crippen LogP contribution is 2.39. The summed E-state index contributed by atoms with van der Waals surface area (Å²) in [6.07, 6.45) is 6.75. The van der Waals surface area contributed by atoms with Crippen LogP contribution in [0.1, 0.15) is 72.3 Å². The van der Waals surface area contributed by atoms with Gasteiger partial charge in [0, 0.05) is 17.8 Å². The lowest BCUT2D eigenvalue weighted by molar-refractivity contribution is 0.313. The maximum absolute atomic E-state index is 13.6. The fourth-order valence-electron chi connectivity index (χ4n) is 5.95. The summed E-state index contributed by atoms with van der Waals surface area (Å²) in [5, 5.41) is 14.2.